The van der Waals surface area contributed by atoms with E-state index in [1.54, 1.807) is 6.26 Å². The molecule has 0 saturated heterocycles. The summed E-state index contributed by atoms with van der Waals surface area (Å²) in [5.74, 6) is -0.340. The first-order chi connectivity index (χ1) is 8.70. The van der Waals surface area contributed by atoms with Crippen molar-refractivity contribution in [3.8, 4) is 0 Å². The number of benzene rings is 1. The minimum atomic E-state index is -0.824. The van der Waals surface area contributed by atoms with Crippen LogP contribution in [0.4, 0.5) is 0 Å². The van der Waals surface area contributed by atoms with Gasteiger partial charge in [-0.2, -0.15) is 0 Å². The summed E-state index contributed by atoms with van der Waals surface area (Å²) in [5, 5.41) is 9.62. The van der Waals surface area contributed by atoms with Crippen LogP contribution in [0.5, 0.6) is 0 Å². The van der Waals surface area contributed by atoms with E-state index in [2.05, 4.69) is 0 Å². The highest BCUT2D eigenvalue weighted by Gasteiger charge is 2.28. The smallest absolute Gasteiger partial charge is 0.322 e. The van der Waals surface area contributed by atoms with E-state index in [4.69, 9.17) is 4.74 Å². The first-order valence-electron chi connectivity index (χ1n) is 6.13. The van der Waals surface area contributed by atoms with Gasteiger partial charge in [-0.15, -0.1) is 11.8 Å². The van der Waals surface area contributed by atoms with Gasteiger partial charge >= 0.3 is 5.97 Å². The van der Waals surface area contributed by atoms with Crippen molar-refractivity contribution in [1.29, 1.82) is 0 Å². The summed E-state index contributed by atoms with van der Waals surface area (Å²) in [4.78, 5) is 11.9. The Morgan fingerprint density at radius 2 is 2.06 bits per heavy atom. The van der Waals surface area contributed by atoms with E-state index in [9.17, 15) is 9.90 Å². The lowest BCUT2D eigenvalue weighted by molar-refractivity contribution is -0.145. The van der Waals surface area contributed by atoms with Crippen molar-refractivity contribution in [1.82, 2.24) is 0 Å². The predicted octanol–water partition coefficient (Wildman–Crippen LogP) is 2.79. The zero-order valence-corrected chi connectivity index (χ0v) is 11.7. The Labute approximate surface area is 113 Å². The van der Waals surface area contributed by atoms with Crippen LogP contribution in [0.1, 0.15) is 31.4 Å². The first kappa shape index (κ1) is 15.1. The molecule has 0 radical (unpaired) electrons. The van der Waals surface area contributed by atoms with Crippen molar-refractivity contribution in [3.63, 3.8) is 0 Å². The Morgan fingerprint density at radius 3 is 2.61 bits per heavy atom. The molecular weight excluding hydrogens is 248 g/mol. The second-order valence-corrected chi connectivity index (χ2v) is 5.01. The van der Waals surface area contributed by atoms with E-state index in [-0.39, 0.29) is 5.97 Å². The summed E-state index contributed by atoms with van der Waals surface area (Å²) < 4.78 is 5.16. The summed E-state index contributed by atoms with van der Waals surface area (Å²) in [5.41, 5.74) is 0.740. The number of hydrogen-bond donors (Lipinski definition) is 1. The highest BCUT2D eigenvalue weighted by Crippen LogP contribution is 2.26. The number of carbonyl (C=O) groups excluding carboxylic acids is 1. The fourth-order valence-corrected chi connectivity index (χ4v) is 2.25. The van der Waals surface area contributed by atoms with Crippen molar-refractivity contribution < 1.29 is 14.6 Å². The van der Waals surface area contributed by atoms with Crippen molar-refractivity contribution in [3.05, 3.63) is 35.9 Å². The van der Waals surface area contributed by atoms with Crippen LogP contribution in [0.3, 0.4) is 0 Å². The van der Waals surface area contributed by atoms with Gasteiger partial charge in [-0.25, -0.2) is 0 Å². The molecule has 100 valence electrons. The number of aliphatic hydroxyl groups is 1. The Hall–Kier alpha value is -1.00. The number of hydrogen-bond acceptors (Lipinski definition) is 4. The molecule has 0 amide bonds. The van der Waals surface area contributed by atoms with E-state index in [0.717, 1.165) is 18.4 Å². The topological polar surface area (TPSA) is 46.5 Å². The third-order valence-corrected chi connectivity index (χ3v) is 3.61. The number of rotatable bonds is 7. The molecule has 0 heterocycles. The standard InChI is InChI=1S/C14H20O3S/c1-3-4-10-17-14(16)13(18-2)12(15)11-8-6-5-7-9-11/h5-9,12-13,15H,3-4,10H2,1-2H3/t12-,13-/m0/s1. The maximum Gasteiger partial charge on any atom is 0.322 e. The maximum atomic E-state index is 11.9. The Kier molecular flexibility index (Phi) is 6.83. The molecule has 1 rings (SSSR count). The number of unbranched alkanes of at least 4 members (excludes halogenated alkanes) is 1. The molecule has 0 aliphatic heterocycles. The van der Waals surface area contributed by atoms with Gasteiger partial charge in [0.25, 0.3) is 0 Å². The highest BCUT2D eigenvalue weighted by atomic mass is 32.2. The van der Waals surface area contributed by atoms with Gasteiger partial charge in [-0.1, -0.05) is 43.7 Å². The molecule has 3 nitrogen and oxygen atoms in total. The number of carbonyl (C=O) groups is 1. The number of aliphatic hydroxyl groups excluding tert-OH is 1. The second-order valence-electron chi connectivity index (χ2n) is 4.03. The summed E-state index contributed by atoms with van der Waals surface area (Å²) in [6, 6.07) is 9.20. The summed E-state index contributed by atoms with van der Waals surface area (Å²) in [6.45, 7) is 2.46. The molecule has 1 N–H and O–H groups in total. The van der Waals surface area contributed by atoms with Crippen LogP contribution in [0, 0.1) is 0 Å². The van der Waals surface area contributed by atoms with Gasteiger partial charge in [0, 0.05) is 0 Å². The lowest BCUT2D eigenvalue weighted by Crippen LogP contribution is -2.27. The second kappa shape index (κ2) is 8.16. The Morgan fingerprint density at radius 1 is 1.39 bits per heavy atom. The number of esters is 1. The lowest BCUT2D eigenvalue weighted by Gasteiger charge is -2.20. The van der Waals surface area contributed by atoms with Crippen LogP contribution in [0.25, 0.3) is 0 Å². The molecule has 0 aliphatic rings. The molecule has 2 atom stereocenters. The predicted molar refractivity (Wildman–Crippen MR) is 74.6 cm³/mol. The zero-order valence-electron chi connectivity index (χ0n) is 10.8. The fourth-order valence-electron chi connectivity index (χ4n) is 1.58. The van der Waals surface area contributed by atoms with Crippen LogP contribution >= 0.6 is 11.8 Å². The molecule has 0 aliphatic carbocycles. The fraction of sp³-hybridized carbons (Fsp3) is 0.500. The normalized spacial score (nSPS) is 13.9. The van der Waals surface area contributed by atoms with Crippen molar-refractivity contribution in [2.45, 2.75) is 31.1 Å². The monoisotopic (exact) mass is 268 g/mol. The maximum absolute atomic E-state index is 11.9. The van der Waals surface area contributed by atoms with Crippen LogP contribution in [0.2, 0.25) is 0 Å². The van der Waals surface area contributed by atoms with Crippen molar-refractivity contribution >= 4 is 17.7 Å². The van der Waals surface area contributed by atoms with Crippen LogP contribution in [-0.4, -0.2) is 29.2 Å². The molecule has 18 heavy (non-hydrogen) atoms. The van der Waals surface area contributed by atoms with Crippen molar-refractivity contribution in [2.24, 2.45) is 0 Å². The number of thioether (sulfide) groups is 1. The Balaban J connectivity index is 2.62. The molecule has 0 fully saturated rings. The quantitative estimate of drug-likeness (QED) is 0.610. The molecule has 4 heteroatoms. The van der Waals surface area contributed by atoms with Gasteiger partial charge in [0.1, 0.15) is 11.4 Å². The van der Waals surface area contributed by atoms with Gasteiger partial charge < -0.3 is 9.84 Å². The molecule has 0 bridgehead atoms. The van der Waals surface area contributed by atoms with Crippen molar-refractivity contribution in [2.75, 3.05) is 12.9 Å². The summed E-state index contributed by atoms with van der Waals surface area (Å²) in [7, 11) is 0. The van der Waals surface area contributed by atoms with Gasteiger partial charge in [-0.05, 0) is 18.2 Å². The van der Waals surface area contributed by atoms with E-state index < -0.39 is 11.4 Å². The Bertz CT molecular complexity index is 353. The lowest BCUT2D eigenvalue weighted by atomic mass is 10.1. The SMILES string of the molecule is CCCCOC(=O)[C@@H](SC)[C@@H](O)c1ccccc1. The average Bonchev–Trinajstić information content (AvgIpc) is 2.41. The minimum Gasteiger partial charge on any atom is -0.465 e. The average molecular weight is 268 g/mol. The van der Waals surface area contributed by atoms with Gasteiger partial charge in [0.15, 0.2) is 0 Å². The van der Waals surface area contributed by atoms with Gasteiger partial charge in [-0.3, -0.25) is 4.79 Å². The van der Waals surface area contributed by atoms with Gasteiger partial charge in [0.2, 0.25) is 0 Å². The molecule has 0 spiro atoms. The largest absolute Gasteiger partial charge is 0.465 e. The van der Waals surface area contributed by atoms with E-state index in [1.807, 2.05) is 37.3 Å². The van der Waals surface area contributed by atoms with E-state index in [1.165, 1.54) is 11.8 Å². The minimum absolute atomic E-state index is 0.340. The molecule has 1 aromatic carbocycles. The van der Waals surface area contributed by atoms with Crippen LogP contribution in [0.15, 0.2) is 30.3 Å². The first-order valence-corrected chi connectivity index (χ1v) is 7.42. The molecule has 0 saturated carbocycles. The summed E-state index contributed by atoms with van der Waals surface area (Å²) in [6.07, 6.45) is 2.82. The van der Waals surface area contributed by atoms with Crippen LogP contribution in [-0.2, 0) is 9.53 Å². The van der Waals surface area contributed by atoms with Crippen LogP contribution < -0.4 is 0 Å². The third kappa shape index (κ3) is 4.35. The number of ether oxygens (including phenoxy) is 1. The molecule has 1 aromatic rings. The molecule has 0 aromatic heterocycles. The molecule has 0 unspecified atom stereocenters. The zero-order chi connectivity index (χ0) is 13.4. The van der Waals surface area contributed by atoms with Gasteiger partial charge in [0.05, 0.1) is 6.61 Å². The highest BCUT2D eigenvalue weighted by molar-refractivity contribution is 7.99. The third-order valence-electron chi connectivity index (χ3n) is 2.66. The summed E-state index contributed by atoms with van der Waals surface area (Å²) >= 11 is 1.31. The van der Waals surface area contributed by atoms with E-state index in [0.29, 0.717) is 6.61 Å². The molecular formula is C14H20O3S. The van der Waals surface area contributed by atoms with E-state index >= 15 is 0 Å².